The van der Waals surface area contributed by atoms with E-state index in [0.717, 1.165) is 15.2 Å². The minimum Gasteiger partial charge on any atom is -0.309 e. The molecule has 1 N–H and O–H groups in total. The lowest BCUT2D eigenvalue weighted by molar-refractivity contribution is 0.919. The molecule has 0 saturated carbocycles. The van der Waals surface area contributed by atoms with Gasteiger partial charge in [-0.2, -0.15) is 0 Å². The van der Waals surface area contributed by atoms with Crippen molar-refractivity contribution in [1.29, 1.82) is 0 Å². The second-order valence-corrected chi connectivity index (χ2v) is 7.27. The zero-order chi connectivity index (χ0) is 15.8. The molecule has 0 spiro atoms. The molecule has 0 aliphatic carbocycles. The van der Waals surface area contributed by atoms with Gasteiger partial charge in [0.15, 0.2) is 0 Å². The van der Waals surface area contributed by atoms with Crippen molar-refractivity contribution in [2.75, 3.05) is 0 Å². The number of hydrogen-bond acceptors (Lipinski definition) is 6. The van der Waals surface area contributed by atoms with Gasteiger partial charge < -0.3 is 4.98 Å². The molecule has 3 aromatic heterocycles. The molecule has 4 aromatic rings. The van der Waals surface area contributed by atoms with Crippen LogP contribution in [0.3, 0.4) is 0 Å². The predicted octanol–water partition coefficient (Wildman–Crippen LogP) is 3.78. The van der Waals surface area contributed by atoms with Gasteiger partial charge in [0.05, 0.1) is 16.2 Å². The maximum absolute atomic E-state index is 12.2. The molecule has 1 atom stereocenters. The van der Waals surface area contributed by atoms with Crippen LogP contribution in [0.2, 0.25) is 0 Å². The van der Waals surface area contributed by atoms with Gasteiger partial charge in [-0.25, -0.2) is 15.0 Å². The van der Waals surface area contributed by atoms with Crippen LogP contribution >= 0.6 is 23.1 Å². The molecule has 0 saturated heterocycles. The topological polar surface area (TPSA) is 71.5 Å². The Kier molecular flexibility index (Phi) is 3.59. The number of H-pyrrole nitrogens is 1. The van der Waals surface area contributed by atoms with Gasteiger partial charge in [-0.1, -0.05) is 23.9 Å². The highest BCUT2D eigenvalue weighted by Gasteiger charge is 2.15. The van der Waals surface area contributed by atoms with Gasteiger partial charge in [0.1, 0.15) is 22.0 Å². The summed E-state index contributed by atoms with van der Waals surface area (Å²) in [6.07, 6.45) is 1.57. The Bertz CT molecular complexity index is 1060. The highest BCUT2D eigenvalue weighted by molar-refractivity contribution is 7.99. The number of aromatic amines is 1. The lowest BCUT2D eigenvalue weighted by atomic mass is 10.2. The van der Waals surface area contributed by atoms with Crippen LogP contribution in [0, 0.1) is 0 Å². The van der Waals surface area contributed by atoms with Gasteiger partial charge in [-0.05, 0) is 30.5 Å². The Labute approximate surface area is 139 Å². The normalized spacial score (nSPS) is 12.7. The molecular weight excluding hydrogens is 328 g/mol. The van der Waals surface area contributed by atoms with Gasteiger partial charge in [0.2, 0.25) is 0 Å². The van der Waals surface area contributed by atoms with Crippen molar-refractivity contribution in [3.8, 4) is 0 Å². The van der Waals surface area contributed by atoms with E-state index in [-0.39, 0.29) is 10.8 Å². The van der Waals surface area contributed by atoms with Gasteiger partial charge in [-0.3, -0.25) is 4.79 Å². The van der Waals surface area contributed by atoms with Crippen molar-refractivity contribution in [3.05, 3.63) is 58.2 Å². The minimum atomic E-state index is -0.110. The van der Waals surface area contributed by atoms with Crippen LogP contribution in [0.4, 0.5) is 0 Å². The number of para-hydroxylation sites is 1. The molecule has 1 unspecified atom stereocenters. The second-order valence-electron chi connectivity index (χ2n) is 5.05. The van der Waals surface area contributed by atoms with E-state index in [4.69, 9.17) is 0 Å². The molecule has 0 aliphatic heterocycles. The average molecular weight is 340 g/mol. The second kappa shape index (κ2) is 5.75. The van der Waals surface area contributed by atoms with E-state index in [1.807, 2.05) is 36.6 Å². The molecule has 114 valence electrons. The van der Waals surface area contributed by atoms with E-state index in [2.05, 4.69) is 19.9 Å². The molecule has 0 radical (unpaired) electrons. The summed E-state index contributed by atoms with van der Waals surface area (Å²) < 4.78 is 0. The largest absolute Gasteiger partial charge is 0.309 e. The van der Waals surface area contributed by atoms with Crippen molar-refractivity contribution < 1.29 is 0 Å². The van der Waals surface area contributed by atoms with Crippen LogP contribution in [-0.2, 0) is 0 Å². The number of fused-ring (bicyclic) bond motifs is 2. The molecule has 0 amide bonds. The van der Waals surface area contributed by atoms with Gasteiger partial charge in [0, 0.05) is 5.39 Å². The van der Waals surface area contributed by atoms with E-state index in [9.17, 15) is 4.79 Å². The number of hydrogen-bond donors (Lipinski definition) is 1. The predicted molar refractivity (Wildman–Crippen MR) is 94.1 cm³/mol. The smallest absolute Gasteiger partial charge is 0.258 e. The number of benzene rings is 1. The third kappa shape index (κ3) is 2.62. The maximum atomic E-state index is 12.2. The van der Waals surface area contributed by atoms with Crippen molar-refractivity contribution in [2.45, 2.75) is 17.2 Å². The van der Waals surface area contributed by atoms with E-state index in [1.54, 1.807) is 35.5 Å². The Morgan fingerprint density at radius 1 is 1.17 bits per heavy atom. The Balaban J connectivity index is 1.73. The highest BCUT2D eigenvalue weighted by atomic mass is 32.2. The monoisotopic (exact) mass is 340 g/mol. The number of aromatic nitrogens is 4. The molecular formula is C16H12N4OS2. The fourth-order valence-corrected chi connectivity index (χ4v) is 4.14. The van der Waals surface area contributed by atoms with E-state index in [0.29, 0.717) is 16.7 Å². The molecule has 3 heterocycles. The summed E-state index contributed by atoms with van der Waals surface area (Å²) in [5, 5.41) is 4.53. The molecule has 0 bridgehead atoms. The zero-order valence-corrected chi connectivity index (χ0v) is 13.8. The first-order valence-corrected chi connectivity index (χ1v) is 8.82. The first-order valence-electron chi connectivity index (χ1n) is 7.06. The van der Waals surface area contributed by atoms with Crippen molar-refractivity contribution in [3.63, 3.8) is 0 Å². The molecule has 4 rings (SSSR count). The van der Waals surface area contributed by atoms with Crippen LogP contribution in [0.5, 0.6) is 0 Å². The van der Waals surface area contributed by atoms with Crippen LogP contribution in [0.1, 0.15) is 18.0 Å². The average Bonchev–Trinajstić information content (AvgIpc) is 3.04. The molecule has 7 heteroatoms. The number of thiophene rings is 1. The van der Waals surface area contributed by atoms with E-state index >= 15 is 0 Å². The van der Waals surface area contributed by atoms with Crippen molar-refractivity contribution in [2.24, 2.45) is 0 Å². The summed E-state index contributed by atoms with van der Waals surface area (Å²) in [5.41, 5.74) is 0.600. The molecule has 1 aromatic carbocycles. The van der Waals surface area contributed by atoms with Crippen molar-refractivity contribution >= 4 is 44.2 Å². The first kappa shape index (κ1) is 14.3. The van der Waals surface area contributed by atoms with Gasteiger partial charge in [0.25, 0.3) is 5.56 Å². The lowest BCUT2D eigenvalue weighted by Crippen LogP contribution is -2.12. The summed E-state index contributed by atoms with van der Waals surface area (Å²) in [6.45, 7) is 2.01. The minimum absolute atomic E-state index is 0.0229. The SMILES string of the molecule is CC(Sc1ncnc2sccc12)c1nc2ccccc2c(=O)[nH]1. The standard InChI is InChI=1S/C16H12N4OS2/c1-9(23-16-11-6-7-22-15(11)17-8-18-16)13-19-12-5-3-2-4-10(12)14(21)20-13/h2-9H,1H3,(H,19,20,21). The number of nitrogens with one attached hydrogen (secondary N) is 1. The third-order valence-corrected chi connectivity index (χ3v) is 5.48. The van der Waals surface area contributed by atoms with Crippen LogP contribution < -0.4 is 5.56 Å². The quantitative estimate of drug-likeness (QED) is 0.454. The third-order valence-electron chi connectivity index (χ3n) is 3.53. The number of rotatable bonds is 3. The summed E-state index contributed by atoms with van der Waals surface area (Å²) in [6, 6.07) is 9.38. The van der Waals surface area contributed by atoms with Crippen LogP contribution in [0.15, 0.2) is 51.9 Å². The Morgan fingerprint density at radius 2 is 2.04 bits per heavy atom. The highest BCUT2D eigenvalue weighted by Crippen LogP contribution is 2.36. The number of nitrogens with zero attached hydrogens (tertiary/aromatic N) is 3. The molecule has 0 fully saturated rings. The van der Waals surface area contributed by atoms with Crippen molar-refractivity contribution in [1.82, 2.24) is 19.9 Å². The summed E-state index contributed by atoms with van der Waals surface area (Å²) in [7, 11) is 0. The van der Waals surface area contributed by atoms with Gasteiger partial charge >= 0.3 is 0 Å². The van der Waals surface area contributed by atoms with E-state index < -0.39 is 0 Å². The number of thioether (sulfide) groups is 1. The fourth-order valence-electron chi connectivity index (χ4n) is 2.38. The van der Waals surface area contributed by atoms with Crippen LogP contribution in [0.25, 0.3) is 21.1 Å². The lowest BCUT2D eigenvalue weighted by Gasteiger charge is -2.11. The fraction of sp³-hybridized carbons (Fsp3) is 0.125. The van der Waals surface area contributed by atoms with Gasteiger partial charge in [-0.15, -0.1) is 11.3 Å². The van der Waals surface area contributed by atoms with E-state index in [1.165, 1.54) is 0 Å². The first-order chi connectivity index (χ1) is 11.2. The Morgan fingerprint density at radius 3 is 2.96 bits per heavy atom. The molecule has 23 heavy (non-hydrogen) atoms. The summed E-state index contributed by atoms with van der Waals surface area (Å²) in [4.78, 5) is 29.3. The molecule has 0 aliphatic rings. The summed E-state index contributed by atoms with van der Waals surface area (Å²) >= 11 is 3.16. The Hall–Kier alpha value is -2.25. The summed E-state index contributed by atoms with van der Waals surface area (Å²) in [5.74, 6) is 0.653. The maximum Gasteiger partial charge on any atom is 0.258 e. The zero-order valence-electron chi connectivity index (χ0n) is 12.2. The van der Waals surface area contributed by atoms with Crippen LogP contribution in [-0.4, -0.2) is 19.9 Å². The molecule has 5 nitrogen and oxygen atoms in total.